The van der Waals surface area contributed by atoms with Crippen LogP contribution in [0.5, 0.6) is 0 Å². The van der Waals surface area contributed by atoms with E-state index in [4.69, 9.17) is 10.5 Å². The Morgan fingerprint density at radius 3 is 2.64 bits per heavy atom. The Bertz CT molecular complexity index is 866. The number of esters is 1. The number of thioether (sulfide) groups is 1. The van der Waals surface area contributed by atoms with Crippen LogP contribution in [0.3, 0.4) is 0 Å². The Morgan fingerprint density at radius 2 is 2.00 bits per heavy atom. The summed E-state index contributed by atoms with van der Waals surface area (Å²) >= 11 is 1.20. The van der Waals surface area contributed by atoms with E-state index < -0.39 is 24.0 Å². The van der Waals surface area contributed by atoms with Crippen molar-refractivity contribution in [3.8, 4) is 0 Å². The first-order valence-electron chi connectivity index (χ1n) is 8.83. The molecule has 2 aromatic rings. The van der Waals surface area contributed by atoms with Crippen molar-refractivity contribution >= 4 is 29.7 Å². The van der Waals surface area contributed by atoms with Gasteiger partial charge in [0.2, 0.25) is 0 Å². The molecule has 3 amide bonds. The minimum Gasteiger partial charge on any atom is -0.452 e. The molecule has 10 heteroatoms. The van der Waals surface area contributed by atoms with Gasteiger partial charge in [-0.3, -0.25) is 14.9 Å². The van der Waals surface area contributed by atoms with E-state index in [1.54, 1.807) is 0 Å². The summed E-state index contributed by atoms with van der Waals surface area (Å²) in [6.07, 6.45) is 1.06. The highest BCUT2D eigenvalue weighted by Crippen LogP contribution is 2.40. The number of aromatic nitrogens is 3. The number of hydrogen-bond donors (Lipinski definition) is 2. The maximum Gasteiger partial charge on any atom is 0.318 e. The number of nitrogens with one attached hydrogen (secondary N) is 1. The Balaban J connectivity index is 1.61. The molecule has 1 aromatic carbocycles. The zero-order valence-electron chi connectivity index (χ0n) is 15.3. The fraction of sp³-hybridized carbons (Fsp3) is 0.389. The summed E-state index contributed by atoms with van der Waals surface area (Å²) in [5, 5.41) is 11.0. The maximum absolute atomic E-state index is 12.0. The van der Waals surface area contributed by atoms with Gasteiger partial charge in [-0.05, 0) is 25.3 Å². The topological polar surface area (TPSA) is 129 Å². The molecule has 1 aromatic heterocycles. The maximum atomic E-state index is 12.0. The third kappa shape index (κ3) is 5.32. The molecule has 0 saturated heterocycles. The van der Waals surface area contributed by atoms with E-state index >= 15 is 0 Å². The first-order valence-corrected chi connectivity index (χ1v) is 9.82. The molecule has 3 rings (SSSR count). The molecule has 1 saturated carbocycles. The molecular weight excluding hydrogens is 382 g/mol. The van der Waals surface area contributed by atoms with Gasteiger partial charge in [0.05, 0.1) is 12.3 Å². The number of carbonyl (C=O) groups is 3. The molecular formula is C18H21N5O4S. The number of ether oxygens (including phenoxy) is 1. The summed E-state index contributed by atoms with van der Waals surface area (Å²) in [4.78, 5) is 34.3. The van der Waals surface area contributed by atoms with Crippen molar-refractivity contribution in [2.75, 3.05) is 5.75 Å². The quantitative estimate of drug-likeness (QED) is 0.504. The normalized spacial score (nSPS) is 14.3. The lowest BCUT2D eigenvalue weighted by molar-refractivity contribution is -0.151. The lowest BCUT2D eigenvalue weighted by Crippen LogP contribution is -2.42. The smallest absolute Gasteiger partial charge is 0.318 e. The second-order valence-corrected chi connectivity index (χ2v) is 7.40. The summed E-state index contributed by atoms with van der Waals surface area (Å²) in [5.41, 5.74) is 5.99. The predicted molar refractivity (Wildman–Crippen MR) is 102 cm³/mol. The largest absolute Gasteiger partial charge is 0.452 e. The third-order valence-electron chi connectivity index (χ3n) is 4.11. The summed E-state index contributed by atoms with van der Waals surface area (Å²) in [7, 11) is 0. The zero-order valence-corrected chi connectivity index (χ0v) is 16.1. The standard InChI is InChI=1S/C18H21N5O4S/c1-11(16(25)20-17(19)26)27-14(24)10-28-18-22-21-15(13-7-8-13)23(18)9-12-5-3-2-4-6-12/h2-6,11,13H,7-10H2,1H3,(H3,19,20,25,26)/t11-/m0/s1. The van der Waals surface area contributed by atoms with E-state index in [0.29, 0.717) is 17.6 Å². The van der Waals surface area contributed by atoms with E-state index in [-0.39, 0.29) is 5.75 Å². The SMILES string of the molecule is C[C@H](OC(=O)CSc1nnc(C2CC2)n1Cc1ccccc1)C(=O)NC(N)=O. The Morgan fingerprint density at radius 1 is 1.29 bits per heavy atom. The molecule has 9 nitrogen and oxygen atoms in total. The number of benzene rings is 1. The van der Waals surface area contributed by atoms with Crippen LogP contribution >= 0.6 is 11.8 Å². The molecule has 3 N–H and O–H groups in total. The number of nitrogens with two attached hydrogens (primary N) is 1. The van der Waals surface area contributed by atoms with Crippen molar-refractivity contribution in [3.63, 3.8) is 0 Å². The molecule has 1 aliphatic rings. The monoisotopic (exact) mass is 403 g/mol. The first-order chi connectivity index (χ1) is 13.4. The van der Waals surface area contributed by atoms with Crippen LogP contribution < -0.4 is 11.1 Å². The fourth-order valence-electron chi connectivity index (χ4n) is 2.60. The number of amides is 3. The van der Waals surface area contributed by atoms with E-state index in [9.17, 15) is 14.4 Å². The highest BCUT2D eigenvalue weighted by atomic mass is 32.2. The van der Waals surface area contributed by atoms with Crippen LogP contribution in [0.2, 0.25) is 0 Å². The van der Waals surface area contributed by atoms with Gasteiger partial charge in [-0.15, -0.1) is 10.2 Å². The number of nitrogens with zero attached hydrogens (tertiary/aromatic N) is 3. The Labute approximate surface area is 166 Å². The van der Waals surface area contributed by atoms with Gasteiger partial charge < -0.3 is 15.0 Å². The summed E-state index contributed by atoms with van der Waals surface area (Å²) < 4.78 is 7.04. The summed E-state index contributed by atoms with van der Waals surface area (Å²) in [5.74, 6) is -0.0661. The molecule has 0 bridgehead atoms. The van der Waals surface area contributed by atoms with Crippen molar-refractivity contribution in [3.05, 3.63) is 41.7 Å². The summed E-state index contributed by atoms with van der Waals surface area (Å²) in [6, 6.07) is 8.96. The molecule has 0 aliphatic heterocycles. The number of rotatable bonds is 8. The molecule has 1 heterocycles. The number of primary amides is 1. The average Bonchev–Trinajstić information content (AvgIpc) is 3.42. The van der Waals surface area contributed by atoms with E-state index in [2.05, 4.69) is 10.2 Å². The lowest BCUT2D eigenvalue weighted by Gasteiger charge is -2.12. The molecule has 0 spiro atoms. The van der Waals surface area contributed by atoms with Crippen LogP contribution in [-0.4, -0.2) is 44.5 Å². The molecule has 28 heavy (non-hydrogen) atoms. The first kappa shape index (κ1) is 19.9. The minimum absolute atomic E-state index is 0.0359. The third-order valence-corrected chi connectivity index (χ3v) is 5.05. The second-order valence-electron chi connectivity index (χ2n) is 6.46. The van der Waals surface area contributed by atoms with Crippen LogP contribution in [0.25, 0.3) is 0 Å². The van der Waals surface area contributed by atoms with Crippen LogP contribution in [0.1, 0.15) is 37.1 Å². The molecule has 1 aliphatic carbocycles. The second kappa shape index (κ2) is 8.87. The van der Waals surface area contributed by atoms with E-state index in [1.807, 2.05) is 40.2 Å². The van der Waals surface area contributed by atoms with Crippen LogP contribution in [0, 0.1) is 0 Å². The number of imide groups is 1. The van der Waals surface area contributed by atoms with Crippen molar-refractivity contribution in [1.82, 2.24) is 20.1 Å². The number of carbonyl (C=O) groups excluding carboxylic acids is 3. The van der Waals surface area contributed by atoms with Crippen molar-refractivity contribution in [1.29, 1.82) is 0 Å². The van der Waals surface area contributed by atoms with Crippen LogP contribution in [0.4, 0.5) is 4.79 Å². The molecule has 148 valence electrons. The van der Waals surface area contributed by atoms with E-state index in [1.165, 1.54) is 18.7 Å². The highest BCUT2D eigenvalue weighted by Gasteiger charge is 2.30. The minimum atomic E-state index is -1.12. The molecule has 0 unspecified atom stereocenters. The van der Waals surface area contributed by atoms with Gasteiger partial charge in [-0.2, -0.15) is 0 Å². The number of urea groups is 1. The lowest BCUT2D eigenvalue weighted by atomic mass is 10.2. The predicted octanol–water partition coefficient (Wildman–Crippen LogP) is 1.42. The van der Waals surface area contributed by atoms with Gasteiger partial charge in [0, 0.05) is 5.92 Å². The van der Waals surface area contributed by atoms with Gasteiger partial charge in [-0.1, -0.05) is 42.1 Å². The van der Waals surface area contributed by atoms with Crippen molar-refractivity contribution in [2.45, 2.75) is 43.5 Å². The Hall–Kier alpha value is -2.88. The van der Waals surface area contributed by atoms with Gasteiger partial charge >= 0.3 is 12.0 Å². The van der Waals surface area contributed by atoms with Gasteiger partial charge in [0.1, 0.15) is 5.82 Å². The Kier molecular flexibility index (Phi) is 6.30. The molecule has 1 atom stereocenters. The summed E-state index contributed by atoms with van der Waals surface area (Å²) in [6.45, 7) is 1.98. The molecule has 1 fully saturated rings. The average molecular weight is 403 g/mol. The van der Waals surface area contributed by atoms with Gasteiger partial charge in [-0.25, -0.2) is 4.79 Å². The van der Waals surface area contributed by atoms with Crippen LogP contribution in [-0.2, 0) is 20.9 Å². The van der Waals surface area contributed by atoms with Crippen molar-refractivity contribution in [2.24, 2.45) is 5.73 Å². The fourth-order valence-corrected chi connectivity index (χ4v) is 3.32. The van der Waals surface area contributed by atoms with Crippen LogP contribution in [0.15, 0.2) is 35.5 Å². The van der Waals surface area contributed by atoms with Gasteiger partial charge in [0.25, 0.3) is 5.91 Å². The van der Waals surface area contributed by atoms with Gasteiger partial charge in [0.15, 0.2) is 11.3 Å². The molecule has 0 radical (unpaired) electrons. The number of hydrogen-bond acceptors (Lipinski definition) is 7. The van der Waals surface area contributed by atoms with E-state index in [0.717, 1.165) is 24.2 Å². The zero-order chi connectivity index (χ0) is 20.1. The highest BCUT2D eigenvalue weighted by molar-refractivity contribution is 7.99. The van der Waals surface area contributed by atoms with Crippen molar-refractivity contribution < 1.29 is 19.1 Å².